The third kappa shape index (κ3) is 5.11. The maximum atomic E-state index is 12.4. The molecule has 1 unspecified atom stereocenters. The summed E-state index contributed by atoms with van der Waals surface area (Å²) in [5, 5.41) is 3.19. The summed E-state index contributed by atoms with van der Waals surface area (Å²) in [4.78, 5) is 27.8. The van der Waals surface area contributed by atoms with Crippen LogP contribution in [-0.4, -0.2) is 56.5 Å². The minimum Gasteiger partial charge on any atom is -0.484 e. The third-order valence-corrected chi connectivity index (χ3v) is 4.95. The predicted octanol–water partition coefficient (Wildman–Crippen LogP) is 2.07. The van der Waals surface area contributed by atoms with Crippen molar-refractivity contribution in [3.05, 3.63) is 24.3 Å². The van der Waals surface area contributed by atoms with Crippen molar-refractivity contribution >= 4 is 29.9 Å². The van der Waals surface area contributed by atoms with Crippen molar-refractivity contribution in [3.63, 3.8) is 0 Å². The zero-order valence-electron chi connectivity index (χ0n) is 15.3. The van der Waals surface area contributed by atoms with Crippen LogP contribution in [0.25, 0.3) is 0 Å². The van der Waals surface area contributed by atoms with Crippen molar-refractivity contribution in [2.75, 3.05) is 44.7 Å². The lowest BCUT2D eigenvalue weighted by molar-refractivity contribution is -0.135. The lowest BCUT2D eigenvalue weighted by Gasteiger charge is -2.32. The molecule has 7 heteroatoms. The zero-order valence-corrected chi connectivity index (χ0v) is 16.1. The Kier molecular flexibility index (Phi) is 7.72. The topological polar surface area (TPSA) is 61.9 Å². The summed E-state index contributed by atoms with van der Waals surface area (Å²) in [7, 11) is 1.95. The number of likely N-dealkylation sites (tertiary alicyclic amines) is 1. The lowest BCUT2D eigenvalue weighted by Crippen LogP contribution is -2.44. The van der Waals surface area contributed by atoms with Gasteiger partial charge in [0.25, 0.3) is 5.91 Å². The normalized spacial score (nSPS) is 20.0. The highest BCUT2D eigenvalue weighted by Gasteiger charge is 2.24. The summed E-state index contributed by atoms with van der Waals surface area (Å²) in [5.74, 6) is 1.40. The van der Waals surface area contributed by atoms with E-state index in [9.17, 15) is 9.59 Å². The molecule has 2 amide bonds. The molecule has 0 radical (unpaired) electrons. The fraction of sp³-hybridized carbons (Fsp3) is 0.579. The first-order valence-electron chi connectivity index (χ1n) is 9.13. The first-order valence-corrected chi connectivity index (χ1v) is 9.13. The number of nitrogens with zero attached hydrogens (tertiary/aromatic N) is 2. The van der Waals surface area contributed by atoms with Crippen LogP contribution in [0.2, 0.25) is 0 Å². The molecule has 6 nitrogen and oxygen atoms in total. The second-order valence-electron chi connectivity index (χ2n) is 6.84. The van der Waals surface area contributed by atoms with Crippen LogP contribution in [0, 0.1) is 5.92 Å². The van der Waals surface area contributed by atoms with Crippen molar-refractivity contribution in [3.8, 4) is 5.75 Å². The fourth-order valence-electron chi connectivity index (χ4n) is 3.63. The molecule has 144 valence electrons. The van der Waals surface area contributed by atoms with E-state index in [4.69, 9.17) is 4.74 Å². The number of piperidine rings is 1. The van der Waals surface area contributed by atoms with Crippen LogP contribution in [0.1, 0.15) is 25.7 Å². The van der Waals surface area contributed by atoms with Crippen LogP contribution >= 0.6 is 12.4 Å². The fourth-order valence-corrected chi connectivity index (χ4v) is 3.63. The van der Waals surface area contributed by atoms with Crippen LogP contribution in [0.5, 0.6) is 5.75 Å². The molecule has 2 fully saturated rings. The van der Waals surface area contributed by atoms with Crippen molar-refractivity contribution < 1.29 is 14.3 Å². The van der Waals surface area contributed by atoms with E-state index in [1.165, 1.54) is 6.42 Å². The van der Waals surface area contributed by atoms with Gasteiger partial charge >= 0.3 is 0 Å². The number of amides is 2. The molecule has 3 rings (SSSR count). The second kappa shape index (κ2) is 9.78. The maximum Gasteiger partial charge on any atom is 0.260 e. The first kappa shape index (κ1) is 20.5. The van der Waals surface area contributed by atoms with E-state index in [0.717, 1.165) is 44.7 Å². The van der Waals surface area contributed by atoms with Crippen LogP contribution in [0.3, 0.4) is 0 Å². The summed E-state index contributed by atoms with van der Waals surface area (Å²) in [6.45, 7) is 3.41. The van der Waals surface area contributed by atoms with Gasteiger partial charge in [-0.2, -0.15) is 0 Å². The van der Waals surface area contributed by atoms with Gasteiger partial charge in [0.2, 0.25) is 5.91 Å². The molecule has 0 saturated carbocycles. The van der Waals surface area contributed by atoms with Crippen molar-refractivity contribution in [1.29, 1.82) is 0 Å². The van der Waals surface area contributed by atoms with E-state index in [1.807, 2.05) is 36.2 Å². The van der Waals surface area contributed by atoms with Crippen LogP contribution < -0.4 is 15.0 Å². The van der Waals surface area contributed by atoms with Gasteiger partial charge in [0, 0.05) is 31.7 Å². The molecule has 0 bridgehead atoms. The Labute approximate surface area is 161 Å². The molecule has 2 saturated heterocycles. The second-order valence-corrected chi connectivity index (χ2v) is 6.84. The van der Waals surface area contributed by atoms with Gasteiger partial charge in [-0.25, -0.2) is 0 Å². The quantitative estimate of drug-likeness (QED) is 0.819. The zero-order chi connectivity index (χ0) is 17.6. The summed E-state index contributed by atoms with van der Waals surface area (Å²) in [6.07, 6.45) is 3.76. The Morgan fingerprint density at radius 3 is 2.65 bits per heavy atom. The van der Waals surface area contributed by atoms with Crippen LogP contribution in [-0.2, 0) is 9.59 Å². The van der Waals surface area contributed by atoms with E-state index < -0.39 is 0 Å². The highest BCUT2D eigenvalue weighted by molar-refractivity contribution is 5.95. The molecule has 2 aliphatic rings. The largest absolute Gasteiger partial charge is 0.484 e. The van der Waals surface area contributed by atoms with E-state index >= 15 is 0 Å². The summed E-state index contributed by atoms with van der Waals surface area (Å²) < 4.78 is 5.65. The first-order chi connectivity index (χ1) is 12.2. The number of halogens is 1. The monoisotopic (exact) mass is 381 g/mol. The van der Waals surface area contributed by atoms with Gasteiger partial charge in [-0.3, -0.25) is 9.59 Å². The van der Waals surface area contributed by atoms with Gasteiger partial charge in [-0.15, -0.1) is 12.4 Å². The van der Waals surface area contributed by atoms with Crippen LogP contribution in [0.15, 0.2) is 24.3 Å². The van der Waals surface area contributed by atoms with E-state index in [0.29, 0.717) is 18.1 Å². The Morgan fingerprint density at radius 2 is 2.00 bits per heavy atom. The molecule has 0 aliphatic carbocycles. The number of rotatable bonds is 6. The Balaban J connectivity index is 0.00000243. The van der Waals surface area contributed by atoms with E-state index in [2.05, 4.69) is 5.32 Å². The highest BCUT2D eigenvalue weighted by atomic mass is 35.5. The van der Waals surface area contributed by atoms with E-state index in [1.54, 1.807) is 4.90 Å². The van der Waals surface area contributed by atoms with Gasteiger partial charge in [-0.05, 0) is 63.0 Å². The summed E-state index contributed by atoms with van der Waals surface area (Å²) in [5.41, 5.74) is 0.895. The molecule has 0 spiro atoms. The maximum absolute atomic E-state index is 12.4. The molecule has 26 heavy (non-hydrogen) atoms. The van der Waals surface area contributed by atoms with E-state index in [-0.39, 0.29) is 30.8 Å². The molecule has 1 aromatic carbocycles. The number of anilines is 1. The molecule has 2 aliphatic heterocycles. The van der Waals surface area contributed by atoms with Gasteiger partial charge in [-0.1, -0.05) is 0 Å². The average molecular weight is 382 g/mol. The molecule has 0 aromatic heterocycles. The summed E-state index contributed by atoms with van der Waals surface area (Å²) >= 11 is 0. The number of ether oxygens (including phenoxy) is 1. The lowest BCUT2D eigenvalue weighted by atomic mass is 9.98. The molecular weight excluding hydrogens is 354 g/mol. The molecule has 1 atom stereocenters. The molecule has 2 heterocycles. The van der Waals surface area contributed by atoms with Crippen molar-refractivity contribution in [1.82, 2.24) is 10.2 Å². The van der Waals surface area contributed by atoms with Gasteiger partial charge < -0.3 is 19.9 Å². The van der Waals surface area contributed by atoms with Gasteiger partial charge in [0.05, 0.1) is 0 Å². The molecule has 1 N–H and O–H groups in total. The Bertz CT molecular complexity index is 607. The Hall–Kier alpha value is -1.79. The minimum absolute atomic E-state index is 0. The number of hydrogen-bond donors (Lipinski definition) is 1. The minimum atomic E-state index is 0. The van der Waals surface area contributed by atoms with Gasteiger partial charge in [0.1, 0.15) is 5.75 Å². The van der Waals surface area contributed by atoms with Gasteiger partial charge in [0.15, 0.2) is 6.61 Å². The van der Waals surface area contributed by atoms with Crippen LogP contribution in [0.4, 0.5) is 5.69 Å². The average Bonchev–Trinajstić information content (AvgIpc) is 3.07. The number of nitrogens with one attached hydrogen (secondary N) is 1. The number of hydrogen-bond acceptors (Lipinski definition) is 4. The highest BCUT2D eigenvalue weighted by Crippen LogP contribution is 2.24. The standard InChI is InChI=1S/C19H27N3O3.ClH/c1-20-12-15-4-2-10-21(13-15)19(24)14-25-17-8-6-16(7-9-17)22-11-3-5-18(22)23;/h6-9,15,20H,2-5,10-14H2,1H3;1H. The number of benzene rings is 1. The number of carbonyl (C=O) groups is 2. The molecule has 1 aromatic rings. The number of carbonyl (C=O) groups excluding carboxylic acids is 2. The smallest absolute Gasteiger partial charge is 0.260 e. The predicted molar refractivity (Wildman–Crippen MR) is 104 cm³/mol. The Morgan fingerprint density at radius 1 is 1.23 bits per heavy atom. The summed E-state index contributed by atoms with van der Waals surface area (Å²) in [6, 6.07) is 7.42. The third-order valence-electron chi connectivity index (χ3n) is 4.95. The van der Waals surface area contributed by atoms with Crippen molar-refractivity contribution in [2.45, 2.75) is 25.7 Å². The van der Waals surface area contributed by atoms with Crippen molar-refractivity contribution in [2.24, 2.45) is 5.92 Å². The molecular formula is C19H28ClN3O3. The SMILES string of the molecule is CNCC1CCCN(C(=O)COc2ccc(N3CCCC3=O)cc2)C1.Cl.